The van der Waals surface area contributed by atoms with Crippen molar-refractivity contribution in [3.63, 3.8) is 0 Å². The van der Waals surface area contributed by atoms with Gasteiger partial charge in [-0.05, 0) is 7.05 Å². The Bertz CT molecular complexity index is 457. The minimum atomic E-state index is -4.55. The zero-order chi connectivity index (χ0) is 14.8. The number of nitrogens with one attached hydrogen (secondary N) is 2. The van der Waals surface area contributed by atoms with E-state index in [2.05, 4.69) is 20.3 Å². The summed E-state index contributed by atoms with van der Waals surface area (Å²) in [6.45, 7) is 3.03. The highest BCUT2D eigenvalue weighted by Crippen LogP contribution is 2.29. The van der Waals surface area contributed by atoms with Crippen LogP contribution in [0.25, 0.3) is 0 Å². The lowest BCUT2D eigenvalue weighted by atomic mass is 10.3. The van der Waals surface area contributed by atoms with E-state index in [0.717, 1.165) is 19.2 Å². The number of anilines is 2. The van der Waals surface area contributed by atoms with Crippen LogP contribution in [-0.2, 0) is 6.18 Å². The molecule has 4 N–H and O–H groups in total. The summed E-state index contributed by atoms with van der Waals surface area (Å²) in [7, 11) is 1.99. The number of rotatable bonds is 3. The van der Waals surface area contributed by atoms with Gasteiger partial charge in [-0.15, -0.1) is 0 Å². The van der Waals surface area contributed by atoms with E-state index in [1.54, 1.807) is 0 Å². The normalized spacial score (nSPS) is 18.1. The molecule has 0 aromatic carbocycles. The highest BCUT2D eigenvalue weighted by atomic mass is 19.4. The molecule has 0 unspecified atom stereocenters. The Hall–Kier alpha value is -1.65. The molecule has 0 aliphatic carbocycles. The summed E-state index contributed by atoms with van der Waals surface area (Å²) in [5.41, 5.74) is 3.84. The Morgan fingerprint density at radius 3 is 2.40 bits per heavy atom. The van der Waals surface area contributed by atoms with E-state index in [1.807, 2.05) is 17.5 Å². The summed E-state index contributed by atoms with van der Waals surface area (Å²) in [6, 6.07) is 0.860. The molecule has 1 aliphatic rings. The number of hydrazine groups is 2. The van der Waals surface area contributed by atoms with Crippen molar-refractivity contribution in [3.8, 4) is 0 Å². The number of nitrogens with two attached hydrogens (primary N) is 1. The third kappa shape index (κ3) is 3.68. The van der Waals surface area contributed by atoms with Gasteiger partial charge in [0.15, 0.2) is 5.69 Å². The number of aromatic nitrogens is 2. The van der Waals surface area contributed by atoms with Crippen molar-refractivity contribution in [2.24, 2.45) is 5.84 Å². The fourth-order valence-electron chi connectivity index (χ4n) is 1.79. The average molecular weight is 291 g/mol. The smallest absolute Gasteiger partial charge is 0.304 e. The maximum atomic E-state index is 12.7. The van der Waals surface area contributed by atoms with Gasteiger partial charge in [-0.1, -0.05) is 0 Å². The van der Waals surface area contributed by atoms with Crippen LogP contribution in [0.3, 0.4) is 0 Å². The number of halogens is 3. The second kappa shape index (κ2) is 5.77. The van der Waals surface area contributed by atoms with E-state index in [0.29, 0.717) is 13.1 Å². The molecule has 112 valence electrons. The van der Waals surface area contributed by atoms with Crippen molar-refractivity contribution in [2.45, 2.75) is 6.18 Å². The Morgan fingerprint density at radius 2 is 1.85 bits per heavy atom. The molecule has 1 saturated heterocycles. The van der Waals surface area contributed by atoms with Crippen LogP contribution < -0.4 is 16.7 Å². The lowest BCUT2D eigenvalue weighted by Gasteiger charge is -2.32. The van der Waals surface area contributed by atoms with Crippen molar-refractivity contribution in [2.75, 3.05) is 44.1 Å². The molecule has 0 bridgehead atoms. The van der Waals surface area contributed by atoms with Crippen LogP contribution in [0.4, 0.5) is 24.9 Å². The number of hydrogen-bond donors (Lipinski definition) is 3. The van der Waals surface area contributed by atoms with Gasteiger partial charge in [-0.25, -0.2) is 15.8 Å². The number of likely N-dealkylation sites (N-methyl/N-ethyl adjacent to an activating group) is 1. The van der Waals surface area contributed by atoms with Gasteiger partial charge >= 0.3 is 6.18 Å². The highest BCUT2D eigenvalue weighted by Gasteiger charge is 2.34. The molecular formula is C10H16F3N7. The minimum Gasteiger partial charge on any atom is -0.304 e. The number of alkyl halides is 3. The van der Waals surface area contributed by atoms with Gasteiger partial charge in [0, 0.05) is 32.2 Å². The molecule has 2 heterocycles. The third-order valence-electron chi connectivity index (χ3n) is 2.92. The Morgan fingerprint density at radius 1 is 1.20 bits per heavy atom. The molecule has 1 aromatic heterocycles. The standard InChI is InChI=1S/C10H16F3N7/c1-19-2-4-20(5-3-19)18-8-6-7(10(11,12)13)15-9(16-8)17-14/h6H,2-5,14H2,1H3,(H2,15,16,17,18). The number of nitrogen functional groups attached to an aromatic ring is 1. The number of nitrogens with zero attached hydrogens (tertiary/aromatic N) is 4. The average Bonchev–Trinajstić information content (AvgIpc) is 2.40. The quantitative estimate of drug-likeness (QED) is 0.548. The van der Waals surface area contributed by atoms with Crippen molar-refractivity contribution >= 4 is 11.8 Å². The maximum Gasteiger partial charge on any atom is 0.433 e. The van der Waals surface area contributed by atoms with Crippen LogP contribution in [0.15, 0.2) is 6.07 Å². The largest absolute Gasteiger partial charge is 0.433 e. The molecule has 1 aromatic rings. The van der Waals surface area contributed by atoms with Crippen molar-refractivity contribution in [1.82, 2.24) is 19.9 Å². The SMILES string of the molecule is CN1CCN(Nc2cc(C(F)(F)F)nc(NN)n2)CC1. The summed E-state index contributed by atoms with van der Waals surface area (Å²) >= 11 is 0. The van der Waals surface area contributed by atoms with E-state index < -0.39 is 11.9 Å². The first kappa shape index (κ1) is 14.8. The molecule has 0 saturated carbocycles. The van der Waals surface area contributed by atoms with E-state index >= 15 is 0 Å². The molecule has 0 radical (unpaired) electrons. The Kier molecular flexibility index (Phi) is 4.26. The highest BCUT2D eigenvalue weighted by molar-refractivity contribution is 5.42. The predicted octanol–water partition coefficient (Wildman–Crippen LogP) is 0.355. The van der Waals surface area contributed by atoms with Gasteiger partial charge in [-0.2, -0.15) is 18.2 Å². The number of hydrogen-bond acceptors (Lipinski definition) is 7. The van der Waals surface area contributed by atoms with Gasteiger partial charge in [0.05, 0.1) is 0 Å². The number of piperazine rings is 1. The first-order valence-electron chi connectivity index (χ1n) is 6.01. The molecule has 2 rings (SSSR count). The fourth-order valence-corrected chi connectivity index (χ4v) is 1.79. The zero-order valence-electron chi connectivity index (χ0n) is 10.9. The van der Waals surface area contributed by atoms with E-state index in [1.165, 1.54) is 0 Å². The van der Waals surface area contributed by atoms with E-state index in [4.69, 9.17) is 5.84 Å². The van der Waals surface area contributed by atoms with Crippen molar-refractivity contribution in [1.29, 1.82) is 0 Å². The molecule has 0 amide bonds. The topological polar surface area (TPSA) is 82.3 Å². The summed E-state index contributed by atoms with van der Waals surface area (Å²) in [5, 5.41) is 1.81. The van der Waals surface area contributed by atoms with Gasteiger partial charge in [0.25, 0.3) is 0 Å². The lowest BCUT2D eigenvalue weighted by Crippen LogP contribution is -2.47. The van der Waals surface area contributed by atoms with Crippen molar-refractivity contribution < 1.29 is 13.2 Å². The molecular weight excluding hydrogens is 275 g/mol. The molecule has 0 atom stereocenters. The fraction of sp³-hybridized carbons (Fsp3) is 0.600. The first-order valence-corrected chi connectivity index (χ1v) is 6.01. The van der Waals surface area contributed by atoms with E-state index in [-0.39, 0.29) is 11.8 Å². The van der Waals surface area contributed by atoms with Gasteiger partial charge in [0.1, 0.15) is 5.82 Å². The monoisotopic (exact) mass is 291 g/mol. The van der Waals surface area contributed by atoms with Crippen LogP contribution in [0.1, 0.15) is 5.69 Å². The molecule has 7 nitrogen and oxygen atoms in total. The second-order valence-corrected chi connectivity index (χ2v) is 4.51. The third-order valence-corrected chi connectivity index (χ3v) is 2.92. The van der Waals surface area contributed by atoms with Crippen molar-refractivity contribution in [3.05, 3.63) is 11.8 Å². The maximum absolute atomic E-state index is 12.7. The Balaban J connectivity index is 2.14. The predicted molar refractivity (Wildman–Crippen MR) is 67.5 cm³/mol. The summed E-state index contributed by atoms with van der Waals surface area (Å²) < 4.78 is 38.1. The van der Waals surface area contributed by atoms with Gasteiger partial charge < -0.3 is 10.3 Å². The zero-order valence-corrected chi connectivity index (χ0v) is 10.9. The van der Waals surface area contributed by atoms with Crippen LogP contribution in [0.2, 0.25) is 0 Å². The molecule has 10 heteroatoms. The summed E-state index contributed by atoms with van der Waals surface area (Å²) in [4.78, 5) is 9.29. The van der Waals surface area contributed by atoms with Gasteiger partial charge in [-0.3, -0.25) is 5.43 Å². The van der Waals surface area contributed by atoms with Crippen LogP contribution in [0.5, 0.6) is 0 Å². The van der Waals surface area contributed by atoms with Crippen LogP contribution in [-0.4, -0.2) is 53.1 Å². The molecule has 1 aliphatic heterocycles. The lowest BCUT2D eigenvalue weighted by molar-refractivity contribution is -0.141. The summed E-state index contributed by atoms with van der Waals surface area (Å²) in [6.07, 6.45) is -4.55. The van der Waals surface area contributed by atoms with E-state index in [9.17, 15) is 13.2 Å². The second-order valence-electron chi connectivity index (χ2n) is 4.51. The Labute approximate surface area is 113 Å². The first-order chi connectivity index (χ1) is 9.38. The van der Waals surface area contributed by atoms with Gasteiger partial charge in [0.2, 0.25) is 5.95 Å². The molecule has 1 fully saturated rings. The summed E-state index contributed by atoms with van der Waals surface area (Å²) in [5.74, 6) is 4.87. The molecule has 20 heavy (non-hydrogen) atoms. The molecule has 0 spiro atoms. The van der Waals surface area contributed by atoms with Crippen LogP contribution in [0, 0.1) is 0 Å². The van der Waals surface area contributed by atoms with Crippen LogP contribution >= 0.6 is 0 Å². The minimum absolute atomic E-state index is 0.0600.